The summed E-state index contributed by atoms with van der Waals surface area (Å²) in [6.07, 6.45) is 1.35. The molecule has 0 aliphatic carbocycles. The first-order valence-electron chi connectivity index (χ1n) is 20.8. The van der Waals surface area contributed by atoms with E-state index in [1.54, 1.807) is 9.80 Å². The molecule has 4 aromatic carbocycles. The fourth-order valence-electron chi connectivity index (χ4n) is 8.24. The van der Waals surface area contributed by atoms with Crippen molar-refractivity contribution in [3.63, 3.8) is 0 Å². The van der Waals surface area contributed by atoms with Crippen molar-refractivity contribution in [2.45, 2.75) is 84.5 Å². The van der Waals surface area contributed by atoms with E-state index in [1.807, 2.05) is 76.2 Å². The SMILES string of the molecule is CC(Oc1nc2c(c(N3CCN(C(=O)OCc4ccccc4)CC3)n1)CCN(c1cc(OCc3ccccc3)cc3ccccc13)C2)[C@H]1CCCN1C(=O)OC(C)(C)C. The van der Waals surface area contributed by atoms with Crippen LogP contribution in [0.1, 0.15) is 62.9 Å². The van der Waals surface area contributed by atoms with Crippen molar-refractivity contribution in [1.82, 2.24) is 19.8 Å². The largest absolute Gasteiger partial charge is 0.489 e. The number of fused-ring (bicyclic) bond motifs is 2. The first-order valence-corrected chi connectivity index (χ1v) is 20.8. The molecule has 2 saturated heterocycles. The number of likely N-dealkylation sites (tertiary alicyclic amines) is 1. The van der Waals surface area contributed by atoms with E-state index in [1.165, 1.54) is 0 Å². The molecule has 8 rings (SSSR count). The highest BCUT2D eigenvalue weighted by Crippen LogP contribution is 2.37. The summed E-state index contributed by atoms with van der Waals surface area (Å²) >= 11 is 0. The Morgan fingerprint density at radius 1 is 0.780 bits per heavy atom. The summed E-state index contributed by atoms with van der Waals surface area (Å²) in [5, 5.41) is 2.24. The highest BCUT2D eigenvalue weighted by Gasteiger charge is 2.37. The van der Waals surface area contributed by atoms with Gasteiger partial charge in [-0.05, 0) is 69.5 Å². The van der Waals surface area contributed by atoms with Gasteiger partial charge in [0.1, 0.15) is 36.5 Å². The molecule has 3 aliphatic heterocycles. The van der Waals surface area contributed by atoms with Gasteiger partial charge in [-0.3, -0.25) is 0 Å². The maximum atomic E-state index is 13.2. The third-order valence-corrected chi connectivity index (χ3v) is 11.2. The molecule has 0 bridgehead atoms. The van der Waals surface area contributed by atoms with Crippen LogP contribution in [-0.2, 0) is 35.7 Å². The van der Waals surface area contributed by atoms with Crippen LogP contribution in [0.4, 0.5) is 21.1 Å². The van der Waals surface area contributed by atoms with E-state index in [4.69, 9.17) is 28.9 Å². The van der Waals surface area contributed by atoms with Gasteiger partial charge in [0.15, 0.2) is 0 Å². The van der Waals surface area contributed by atoms with Gasteiger partial charge in [0.25, 0.3) is 0 Å². The van der Waals surface area contributed by atoms with Gasteiger partial charge in [-0.1, -0.05) is 84.9 Å². The summed E-state index contributed by atoms with van der Waals surface area (Å²) in [4.78, 5) is 44.7. The number of aromatic nitrogens is 2. The van der Waals surface area contributed by atoms with Crippen LogP contribution in [0, 0.1) is 0 Å². The lowest BCUT2D eigenvalue weighted by Gasteiger charge is -2.38. The number of carbonyl (C=O) groups excluding carboxylic acids is 2. The number of hydrogen-bond donors (Lipinski definition) is 0. The molecular weight excluding hydrogens is 745 g/mol. The zero-order valence-corrected chi connectivity index (χ0v) is 34.5. The van der Waals surface area contributed by atoms with Gasteiger partial charge in [-0.15, -0.1) is 0 Å². The van der Waals surface area contributed by atoms with Crippen molar-refractivity contribution in [2.24, 2.45) is 0 Å². The van der Waals surface area contributed by atoms with E-state index in [0.717, 1.165) is 76.2 Å². The minimum Gasteiger partial charge on any atom is -0.489 e. The molecule has 2 atom stereocenters. The van der Waals surface area contributed by atoms with Crippen LogP contribution in [-0.4, -0.2) is 89.0 Å². The standard InChI is InChI=1S/C47H54N6O6/c1-33(41-20-13-22-53(41)46(55)59-47(2,3)4)58-44-48-40-30-52(42-29-37(28-36-18-11-12-19-38(36)42)56-31-34-14-7-5-8-15-34)23-21-39(40)43(49-44)50-24-26-51(27-25-50)45(54)57-32-35-16-9-6-10-17-35/h5-12,14-19,28-29,33,41H,13,20-27,30-32H2,1-4H3/t33?,41-/m1/s1. The molecule has 0 N–H and O–H groups in total. The van der Waals surface area contributed by atoms with E-state index in [-0.39, 0.29) is 36.9 Å². The van der Waals surface area contributed by atoms with Crippen LogP contribution in [0.3, 0.4) is 0 Å². The number of carbonyl (C=O) groups is 2. The summed E-state index contributed by atoms with van der Waals surface area (Å²) in [6, 6.07) is 32.7. The maximum absolute atomic E-state index is 13.2. The molecule has 0 spiro atoms. The van der Waals surface area contributed by atoms with Crippen molar-refractivity contribution in [2.75, 3.05) is 49.1 Å². The van der Waals surface area contributed by atoms with Gasteiger partial charge >= 0.3 is 18.2 Å². The molecule has 2 fully saturated rings. The molecule has 5 aromatic rings. The summed E-state index contributed by atoms with van der Waals surface area (Å²) in [6.45, 7) is 12.4. The summed E-state index contributed by atoms with van der Waals surface area (Å²) in [7, 11) is 0. The molecule has 308 valence electrons. The second-order valence-corrected chi connectivity index (χ2v) is 16.6. The van der Waals surface area contributed by atoms with Crippen molar-refractivity contribution in [3.8, 4) is 11.8 Å². The molecular formula is C47H54N6O6. The lowest BCUT2D eigenvalue weighted by atomic mass is 10.0. The van der Waals surface area contributed by atoms with E-state index in [0.29, 0.717) is 45.9 Å². The minimum absolute atomic E-state index is 0.181. The quantitative estimate of drug-likeness (QED) is 0.137. The Balaban J connectivity index is 1.05. The van der Waals surface area contributed by atoms with Crippen molar-refractivity contribution in [3.05, 3.63) is 119 Å². The van der Waals surface area contributed by atoms with Crippen molar-refractivity contribution < 1.29 is 28.5 Å². The van der Waals surface area contributed by atoms with Crippen LogP contribution < -0.4 is 19.3 Å². The molecule has 1 unspecified atom stereocenters. The number of ether oxygens (including phenoxy) is 4. The lowest BCUT2D eigenvalue weighted by molar-refractivity contribution is 0.0102. The van der Waals surface area contributed by atoms with E-state index >= 15 is 0 Å². The van der Waals surface area contributed by atoms with Gasteiger partial charge < -0.3 is 38.5 Å². The van der Waals surface area contributed by atoms with E-state index in [9.17, 15) is 9.59 Å². The van der Waals surface area contributed by atoms with Crippen molar-refractivity contribution >= 4 is 34.5 Å². The Kier molecular flexibility index (Phi) is 11.8. The minimum atomic E-state index is -0.599. The number of anilines is 2. The molecule has 3 aliphatic rings. The van der Waals surface area contributed by atoms with Crippen LogP contribution in [0.15, 0.2) is 97.1 Å². The highest BCUT2D eigenvalue weighted by atomic mass is 16.6. The predicted octanol–water partition coefficient (Wildman–Crippen LogP) is 8.40. The first-order chi connectivity index (χ1) is 28.6. The number of hydrogen-bond acceptors (Lipinski definition) is 10. The first kappa shape index (κ1) is 39.8. The van der Waals surface area contributed by atoms with Gasteiger partial charge in [0, 0.05) is 62.0 Å². The Morgan fingerprint density at radius 2 is 1.47 bits per heavy atom. The fourth-order valence-corrected chi connectivity index (χ4v) is 8.24. The van der Waals surface area contributed by atoms with Crippen LogP contribution in [0.2, 0.25) is 0 Å². The van der Waals surface area contributed by atoms with Crippen LogP contribution in [0.5, 0.6) is 11.8 Å². The number of amides is 2. The zero-order chi connectivity index (χ0) is 40.9. The van der Waals surface area contributed by atoms with Crippen LogP contribution in [0.25, 0.3) is 10.8 Å². The summed E-state index contributed by atoms with van der Waals surface area (Å²) in [5.74, 6) is 1.63. The molecule has 12 nitrogen and oxygen atoms in total. The summed E-state index contributed by atoms with van der Waals surface area (Å²) in [5.41, 5.74) is 4.51. The molecule has 0 radical (unpaired) electrons. The number of rotatable bonds is 10. The number of nitrogens with zero attached hydrogens (tertiary/aromatic N) is 6. The second kappa shape index (κ2) is 17.4. The average Bonchev–Trinajstić information content (AvgIpc) is 3.75. The molecule has 2 amide bonds. The monoisotopic (exact) mass is 798 g/mol. The van der Waals surface area contributed by atoms with Gasteiger partial charge in [0.2, 0.25) is 0 Å². The number of benzene rings is 4. The summed E-state index contributed by atoms with van der Waals surface area (Å²) < 4.78 is 24.4. The second-order valence-electron chi connectivity index (χ2n) is 16.6. The Morgan fingerprint density at radius 3 is 2.20 bits per heavy atom. The van der Waals surface area contributed by atoms with Gasteiger partial charge in [-0.2, -0.15) is 9.97 Å². The normalized spacial score (nSPS) is 17.4. The lowest BCUT2D eigenvalue weighted by Crippen LogP contribution is -2.50. The highest BCUT2D eigenvalue weighted by molar-refractivity contribution is 5.96. The predicted molar refractivity (Wildman–Crippen MR) is 228 cm³/mol. The maximum Gasteiger partial charge on any atom is 0.410 e. The van der Waals surface area contributed by atoms with Gasteiger partial charge in [-0.25, -0.2) is 9.59 Å². The molecule has 0 saturated carbocycles. The molecule has 4 heterocycles. The Labute approximate surface area is 346 Å². The molecule has 12 heteroatoms. The topological polar surface area (TPSA) is 110 Å². The molecule has 1 aromatic heterocycles. The average molecular weight is 799 g/mol. The smallest absolute Gasteiger partial charge is 0.410 e. The third-order valence-electron chi connectivity index (χ3n) is 11.2. The van der Waals surface area contributed by atoms with Gasteiger partial charge in [0.05, 0.1) is 18.3 Å². The zero-order valence-electron chi connectivity index (χ0n) is 34.5. The number of piperazine rings is 1. The fraction of sp³-hybridized carbons (Fsp3) is 0.404. The Hall–Kier alpha value is -6.04. The Bertz CT molecular complexity index is 2240. The van der Waals surface area contributed by atoms with Crippen molar-refractivity contribution in [1.29, 1.82) is 0 Å². The van der Waals surface area contributed by atoms with E-state index < -0.39 is 5.60 Å². The van der Waals surface area contributed by atoms with E-state index in [2.05, 4.69) is 58.3 Å². The molecule has 59 heavy (non-hydrogen) atoms. The third kappa shape index (κ3) is 9.48. The van der Waals surface area contributed by atoms with Crippen LogP contribution >= 0.6 is 0 Å².